The molecule has 0 bridgehead atoms. The molecule has 0 radical (unpaired) electrons. The lowest BCUT2D eigenvalue weighted by Gasteiger charge is -2.09. The summed E-state index contributed by atoms with van der Waals surface area (Å²) in [6.07, 6.45) is 2.41. The van der Waals surface area contributed by atoms with E-state index in [0.29, 0.717) is 33.7 Å². The van der Waals surface area contributed by atoms with Crippen LogP contribution in [0.5, 0.6) is 11.6 Å². The molecule has 0 unspecified atom stereocenters. The van der Waals surface area contributed by atoms with E-state index in [2.05, 4.69) is 26.2 Å². The fraction of sp³-hybridized carbons (Fsp3) is 0.267. The number of halogens is 3. The summed E-state index contributed by atoms with van der Waals surface area (Å²) in [7, 11) is 0. The van der Waals surface area contributed by atoms with E-state index in [9.17, 15) is 4.39 Å². The van der Waals surface area contributed by atoms with Gasteiger partial charge in [0.15, 0.2) is 0 Å². The van der Waals surface area contributed by atoms with Gasteiger partial charge in [-0.1, -0.05) is 11.6 Å². The first kappa shape index (κ1) is 14.8. The Hall–Kier alpha value is -1.17. The van der Waals surface area contributed by atoms with Crippen LogP contribution in [0.4, 0.5) is 4.39 Å². The number of nitrogens with one attached hydrogen (secondary N) is 1. The first-order valence-corrected chi connectivity index (χ1v) is 7.80. The standard InChI is InChI=1S/C15H13BrClFN2O/c16-11-7-10(3-5-13(11)18)21-15-6-4-12(17)14(20-15)8-19-9-1-2-9/h3-7,9,19H,1-2,8H2. The minimum atomic E-state index is -0.333. The number of hydrogen-bond donors (Lipinski definition) is 1. The van der Waals surface area contributed by atoms with E-state index in [1.165, 1.54) is 18.9 Å². The van der Waals surface area contributed by atoms with E-state index in [0.717, 1.165) is 5.69 Å². The Bertz CT molecular complexity index is 664. The third kappa shape index (κ3) is 3.93. The quantitative estimate of drug-likeness (QED) is 0.828. The van der Waals surface area contributed by atoms with Crippen LogP contribution in [-0.4, -0.2) is 11.0 Å². The smallest absolute Gasteiger partial charge is 0.219 e. The van der Waals surface area contributed by atoms with Crippen LogP contribution >= 0.6 is 27.5 Å². The molecule has 6 heteroatoms. The van der Waals surface area contributed by atoms with Crippen molar-refractivity contribution in [2.24, 2.45) is 0 Å². The molecule has 21 heavy (non-hydrogen) atoms. The lowest BCUT2D eigenvalue weighted by Crippen LogP contribution is -2.16. The zero-order valence-electron chi connectivity index (χ0n) is 11.1. The highest BCUT2D eigenvalue weighted by Gasteiger charge is 2.20. The number of benzene rings is 1. The van der Waals surface area contributed by atoms with Crippen molar-refractivity contribution < 1.29 is 9.13 Å². The van der Waals surface area contributed by atoms with Gasteiger partial charge in [0.1, 0.15) is 11.6 Å². The van der Waals surface area contributed by atoms with Crippen LogP contribution in [0.15, 0.2) is 34.8 Å². The largest absolute Gasteiger partial charge is 0.439 e. The average Bonchev–Trinajstić information content (AvgIpc) is 3.28. The van der Waals surface area contributed by atoms with Crippen molar-refractivity contribution in [1.82, 2.24) is 10.3 Å². The predicted octanol–water partition coefficient (Wildman–Crippen LogP) is 4.68. The molecule has 3 nitrogen and oxygen atoms in total. The van der Waals surface area contributed by atoms with Gasteiger partial charge < -0.3 is 10.1 Å². The second kappa shape index (κ2) is 6.30. The maximum Gasteiger partial charge on any atom is 0.219 e. The fourth-order valence-electron chi connectivity index (χ4n) is 1.83. The van der Waals surface area contributed by atoms with Crippen molar-refractivity contribution in [1.29, 1.82) is 0 Å². The van der Waals surface area contributed by atoms with Gasteiger partial charge >= 0.3 is 0 Å². The van der Waals surface area contributed by atoms with Gasteiger partial charge in [0, 0.05) is 18.7 Å². The molecular formula is C15H13BrClFN2O. The number of rotatable bonds is 5. The van der Waals surface area contributed by atoms with E-state index in [4.69, 9.17) is 16.3 Å². The molecule has 1 fully saturated rings. The predicted molar refractivity (Wildman–Crippen MR) is 83.3 cm³/mol. The summed E-state index contributed by atoms with van der Waals surface area (Å²) >= 11 is 9.26. The van der Waals surface area contributed by atoms with Gasteiger partial charge in [-0.3, -0.25) is 0 Å². The van der Waals surface area contributed by atoms with Gasteiger partial charge in [0.25, 0.3) is 0 Å². The van der Waals surface area contributed by atoms with Gasteiger partial charge in [-0.15, -0.1) is 0 Å². The Morgan fingerprint density at radius 1 is 1.33 bits per heavy atom. The lowest BCUT2D eigenvalue weighted by atomic mass is 10.3. The highest BCUT2D eigenvalue weighted by Crippen LogP contribution is 2.27. The van der Waals surface area contributed by atoms with Crippen molar-refractivity contribution in [3.63, 3.8) is 0 Å². The van der Waals surface area contributed by atoms with E-state index in [-0.39, 0.29) is 5.82 Å². The maximum absolute atomic E-state index is 13.2. The van der Waals surface area contributed by atoms with Crippen LogP contribution in [-0.2, 0) is 6.54 Å². The normalized spacial score (nSPS) is 14.2. The molecule has 0 atom stereocenters. The molecule has 1 heterocycles. The Labute approximate surface area is 135 Å². The summed E-state index contributed by atoms with van der Waals surface area (Å²) in [4.78, 5) is 4.39. The molecule has 3 rings (SSSR count). The third-order valence-corrected chi connectivity index (χ3v) is 4.09. The SMILES string of the molecule is Fc1ccc(Oc2ccc(Cl)c(CNC3CC3)n2)cc1Br. The van der Waals surface area contributed by atoms with Crippen LogP contribution in [0.3, 0.4) is 0 Å². The fourth-order valence-corrected chi connectivity index (χ4v) is 2.36. The molecule has 1 N–H and O–H groups in total. The highest BCUT2D eigenvalue weighted by atomic mass is 79.9. The molecule has 0 saturated heterocycles. The van der Waals surface area contributed by atoms with Crippen LogP contribution in [0.25, 0.3) is 0 Å². The summed E-state index contributed by atoms with van der Waals surface area (Å²) in [5.74, 6) is 0.616. The van der Waals surface area contributed by atoms with E-state index in [1.54, 1.807) is 24.3 Å². The van der Waals surface area contributed by atoms with Crippen molar-refractivity contribution >= 4 is 27.5 Å². The molecule has 1 aliphatic rings. The topological polar surface area (TPSA) is 34.1 Å². The van der Waals surface area contributed by atoms with Crippen molar-refractivity contribution in [2.75, 3.05) is 0 Å². The first-order valence-electron chi connectivity index (χ1n) is 6.63. The molecule has 1 aromatic carbocycles. The molecule has 1 aromatic heterocycles. The molecule has 1 saturated carbocycles. The minimum Gasteiger partial charge on any atom is -0.439 e. The summed E-state index contributed by atoms with van der Waals surface area (Å²) in [6, 6.07) is 8.49. The second-order valence-corrected chi connectivity index (χ2v) is 6.17. The van der Waals surface area contributed by atoms with Crippen molar-refractivity contribution in [3.8, 4) is 11.6 Å². The van der Waals surface area contributed by atoms with Gasteiger partial charge in [-0.25, -0.2) is 9.37 Å². The number of hydrogen-bond acceptors (Lipinski definition) is 3. The van der Waals surface area contributed by atoms with Crippen LogP contribution < -0.4 is 10.1 Å². The van der Waals surface area contributed by atoms with Crippen LogP contribution in [0, 0.1) is 5.82 Å². The van der Waals surface area contributed by atoms with Crippen LogP contribution in [0.1, 0.15) is 18.5 Å². The third-order valence-electron chi connectivity index (χ3n) is 3.14. The zero-order valence-corrected chi connectivity index (χ0v) is 13.4. The van der Waals surface area contributed by atoms with E-state index >= 15 is 0 Å². The zero-order chi connectivity index (χ0) is 14.8. The Balaban J connectivity index is 1.74. The molecule has 110 valence electrons. The molecule has 0 aliphatic heterocycles. The monoisotopic (exact) mass is 370 g/mol. The van der Waals surface area contributed by atoms with E-state index < -0.39 is 0 Å². The van der Waals surface area contributed by atoms with E-state index in [1.807, 2.05) is 0 Å². The summed E-state index contributed by atoms with van der Waals surface area (Å²) in [6.45, 7) is 0.619. The van der Waals surface area contributed by atoms with Gasteiger partial charge in [-0.05, 0) is 53.0 Å². The first-order chi connectivity index (χ1) is 10.1. The minimum absolute atomic E-state index is 0.333. The summed E-state index contributed by atoms with van der Waals surface area (Å²) < 4.78 is 19.2. The number of pyridine rings is 1. The number of nitrogens with zero attached hydrogens (tertiary/aromatic N) is 1. The average molecular weight is 372 g/mol. The Kier molecular flexibility index (Phi) is 4.42. The number of aromatic nitrogens is 1. The van der Waals surface area contributed by atoms with Crippen molar-refractivity contribution in [2.45, 2.75) is 25.4 Å². The second-order valence-electron chi connectivity index (χ2n) is 4.91. The molecule has 2 aromatic rings. The maximum atomic E-state index is 13.2. The van der Waals surface area contributed by atoms with Gasteiger partial charge in [0.05, 0.1) is 15.2 Å². The summed E-state index contributed by atoms with van der Waals surface area (Å²) in [5, 5.41) is 3.97. The highest BCUT2D eigenvalue weighted by molar-refractivity contribution is 9.10. The lowest BCUT2D eigenvalue weighted by molar-refractivity contribution is 0.457. The Morgan fingerprint density at radius 3 is 2.86 bits per heavy atom. The molecular weight excluding hydrogens is 359 g/mol. The molecule has 0 spiro atoms. The van der Waals surface area contributed by atoms with Crippen molar-refractivity contribution in [3.05, 3.63) is 51.3 Å². The van der Waals surface area contributed by atoms with Gasteiger partial charge in [-0.2, -0.15) is 0 Å². The molecule has 1 aliphatic carbocycles. The summed E-state index contributed by atoms with van der Waals surface area (Å²) in [5.41, 5.74) is 0.752. The number of ether oxygens (including phenoxy) is 1. The Morgan fingerprint density at radius 2 is 2.14 bits per heavy atom. The molecule has 0 amide bonds. The van der Waals surface area contributed by atoms with Crippen LogP contribution in [0.2, 0.25) is 5.02 Å². The van der Waals surface area contributed by atoms with Gasteiger partial charge in [0.2, 0.25) is 5.88 Å².